The molecule has 35 heavy (non-hydrogen) atoms. The van der Waals surface area contributed by atoms with Crippen LogP contribution in [0.4, 0.5) is 13.2 Å². The zero-order valence-electron chi connectivity index (χ0n) is 18.9. The van der Waals surface area contributed by atoms with E-state index >= 15 is 0 Å². The van der Waals surface area contributed by atoms with Crippen LogP contribution in [-0.4, -0.2) is 11.1 Å². The molecule has 0 aliphatic rings. The van der Waals surface area contributed by atoms with Crippen molar-refractivity contribution >= 4 is 17.3 Å². The van der Waals surface area contributed by atoms with Crippen molar-refractivity contribution in [1.29, 1.82) is 0 Å². The van der Waals surface area contributed by atoms with Crippen molar-refractivity contribution in [2.45, 2.75) is 32.0 Å². The van der Waals surface area contributed by atoms with Gasteiger partial charge in [-0.3, -0.25) is 4.79 Å². The number of aliphatic carboxylic acids is 1. The minimum atomic E-state index is -4.36. The molecule has 1 unspecified atom stereocenters. The number of hydrogen-bond acceptors (Lipinski definition) is 3. The van der Waals surface area contributed by atoms with Crippen LogP contribution in [0.3, 0.4) is 0 Å². The Labute approximate surface area is 205 Å². The van der Waals surface area contributed by atoms with Gasteiger partial charge < -0.3 is 9.84 Å². The summed E-state index contributed by atoms with van der Waals surface area (Å²) in [7, 11) is 0. The number of halogens is 3. The van der Waals surface area contributed by atoms with Gasteiger partial charge in [0.25, 0.3) is 0 Å². The first-order chi connectivity index (χ1) is 16.7. The summed E-state index contributed by atoms with van der Waals surface area (Å²) in [6.07, 6.45) is -4.35. The average molecular weight is 497 g/mol. The molecule has 0 amide bonds. The number of carboxylic acid groups (broad SMARTS) is 1. The Morgan fingerprint density at radius 1 is 0.971 bits per heavy atom. The summed E-state index contributed by atoms with van der Waals surface area (Å²) in [4.78, 5) is 12.5. The number of benzene rings is 3. The fraction of sp³-hybridized carbons (Fsp3) is 0.179. The van der Waals surface area contributed by atoms with Crippen LogP contribution in [0.15, 0.2) is 84.2 Å². The van der Waals surface area contributed by atoms with E-state index in [0.717, 1.165) is 39.3 Å². The van der Waals surface area contributed by atoms with Crippen LogP contribution in [0.5, 0.6) is 5.75 Å². The molecule has 1 N–H and O–H groups in total. The van der Waals surface area contributed by atoms with Crippen LogP contribution >= 0.6 is 11.3 Å². The van der Waals surface area contributed by atoms with Crippen LogP contribution in [0.1, 0.15) is 39.5 Å². The maximum atomic E-state index is 12.8. The Morgan fingerprint density at radius 2 is 1.69 bits per heavy atom. The third kappa shape index (κ3) is 6.11. The van der Waals surface area contributed by atoms with E-state index in [2.05, 4.69) is 0 Å². The minimum Gasteiger partial charge on any atom is -0.489 e. The number of hydrogen-bond donors (Lipinski definition) is 1. The van der Waals surface area contributed by atoms with Crippen molar-refractivity contribution in [2.75, 3.05) is 0 Å². The maximum absolute atomic E-state index is 12.8. The van der Waals surface area contributed by atoms with Crippen LogP contribution in [0.25, 0.3) is 11.1 Å². The highest BCUT2D eigenvalue weighted by molar-refractivity contribution is 7.10. The SMILES string of the molecule is Cc1ccsc1C(CC(=O)O)c1ccc(OCc2cccc(-c3ccc(C(F)(F)F)cc3)c2)cc1. The first kappa shape index (κ1) is 24.5. The Bertz CT molecular complexity index is 1290. The molecule has 4 aromatic rings. The van der Waals surface area contributed by atoms with Gasteiger partial charge in [-0.05, 0) is 76.5 Å². The van der Waals surface area contributed by atoms with Gasteiger partial charge in [-0.15, -0.1) is 11.3 Å². The average Bonchev–Trinajstić information content (AvgIpc) is 3.27. The summed E-state index contributed by atoms with van der Waals surface area (Å²) in [6.45, 7) is 2.27. The molecule has 1 heterocycles. The number of alkyl halides is 3. The lowest BCUT2D eigenvalue weighted by Crippen LogP contribution is -2.07. The number of aryl methyl sites for hydroxylation is 1. The van der Waals surface area contributed by atoms with Gasteiger partial charge in [-0.1, -0.05) is 42.5 Å². The van der Waals surface area contributed by atoms with E-state index in [0.29, 0.717) is 11.3 Å². The highest BCUT2D eigenvalue weighted by Gasteiger charge is 2.30. The minimum absolute atomic E-state index is 0.0122. The predicted octanol–water partition coefficient (Wildman–Crippen LogP) is 7.93. The van der Waals surface area contributed by atoms with Crippen LogP contribution in [0, 0.1) is 6.92 Å². The smallest absolute Gasteiger partial charge is 0.416 e. The van der Waals surface area contributed by atoms with Crippen molar-refractivity contribution in [2.24, 2.45) is 0 Å². The van der Waals surface area contributed by atoms with E-state index in [1.165, 1.54) is 12.1 Å². The van der Waals surface area contributed by atoms with E-state index in [9.17, 15) is 23.1 Å². The molecule has 1 atom stereocenters. The van der Waals surface area contributed by atoms with Crippen molar-refractivity contribution < 1.29 is 27.8 Å². The van der Waals surface area contributed by atoms with Gasteiger partial charge in [0.2, 0.25) is 0 Å². The summed E-state index contributed by atoms with van der Waals surface area (Å²) in [5.74, 6) is -0.427. The number of carbonyl (C=O) groups is 1. The molecular formula is C28H23F3O3S. The largest absolute Gasteiger partial charge is 0.489 e. The Hall–Kier alpha value is -3.58. The Balaban J connectivity index is 1.45. The van der Waals surface area contributed by atoms with Gasteiger partial charge in [0.15, 0.2) is 0 Å². The lowest BCUT2D eigenvalue weighted by molar-refractivity contribution is -0.138. The van der Waals surface area contributed by atoms with E-state index < -0.39 is 17.7 Å². The molecule has 0 spiro atoms. The third-order valence-electron chi connectivity index (χ3n) is 5.76. The Morgan fingerprint density at radius 3 is 2.29 bits per heavy atom. The highest BCUT2D eigenvalue weighted by atomic mass is 32.1. The van der Waals surface area contributed by atoms with E-state index in [1.54, 1.807) is 11.3 Å². The molecule has 1 aromatic heterocycles. The van der Waals surface area contributed by atoms with E-state index in [1.807, 2.05) is 66.9 Å². The number of rotatable bonds is 8. The molecule has 0 saturated heterocycles. The topological polar surface area (TPSA) is 46.5 Å². The van der Waals surface area contributed by atoms with Crippen LogP contribution in [0.2, 0.25) is 0 Å². The molecule has 0 aliphatic carbocycles. The van der Waals surface area contributed by atoms with Crippen molar-refractivity contribution in [3.05, 3.63) is 111 Å². The summed E-state index contributed by atoms with van der Waals surface area (Å²) < 4.78 is 44.4. The molecule has 0 aliphatic heterocycles. The van der Waals surface area contributed by atoms with Gasteiger partial charge in [0.1, 0.15) is 12.4 Å². The first-order valence-corrected chi connectivity index (χ1v) is 11.8. The maximum Gasteiger partial charge on any atom is 0.416 e. The normalized spacial score (nSPS) is 12.3. The molecule has 3 aromatic carbocycles. The molecule has 7 heteroatoms. The number of thiophene rings is 1. The zero-order valence-corrected chi connectivity index (χ0v) is 19.7. The first-order valence-electron chi connectivity index (χ1n) is 11.0. The molecule has 4 rings (SSSR count). The van der Waals surface area contributed by atoms with E-state index in [-0.39, 0.29) is 18.9 Å². The molecule has 0 saturated carbocycles. The fourth-order valence-corrected chi connectivity index (χ4v) is 4.99. The van der Waals surface area contributed by atoms with Gasteiger partial charge >= 0.3 is 12.1 Å². The van der Waals surface area contributed by atoms with Crippen LogP contribution in [-0.2, 0) is 17.6 Å². The molecule has 0 bridgehead atoms. The quantitative estimate of drug-likeness (QED) is 0.269. The number of ether oxygens (including phenoxy) is 1. The zero-order chi connectivity index (χ0) is 25.0. The molecule has 3 nitrogen and oxygen atoms in total. The third-order valence-corrected chi connectivity index (χ3v) is 6.89. The van der Waals surface area contributed by atoms with Crippen molar-refractivity contribution in [3.8, 4) is 16.9 Å². The second kappa shape index (κ2) is 10.4. The lowest BCUT2D eigenvalue weighted by atomic mass is 9.92. The van der Waals surface area contributed by atoms with Crippen molar-refractivity contribution in [1.82, 2.24) is 0 Å². The van der Waals surface area contributed by atoms with Gasteiger partial charge in [-0.2, -0.15) is 13.2 Å². The number of carboxylic acids is 1. The summed E-state index contributed by atoms with van der Waals surface area (Å²) in [5.41, 5.74) is 3.69. The summed E-state index contributed by atoms with van der Waals surface area (Å²) in [6, 6.07) is 22.0. The monoisotopic (exact) mass is 496 g/mol. The van der Waals surface area contributed by atoms with E-state index in [4.69, 9.17) is 4.74 Å². The van der Waals surface area contributed by atoms with Gasteiger partial charge in [0.05, 0.1) is 12.0 Å². The summed E-state index contributed by atoms with van der Waals surface area (Å²) >= 11 is 1.56. The van der Waals surface area contributed by atoms with Crippen molar-refractivity contribution in [3.63, 3.8) is 0 Å². The lowest BCUT2D eigenvalue weighted by Gasteiger charge is -2.16. The molecular weight excluding hydrogens is 473 g/mol. The highest BCUT2D eigenvalue weighted by Crippen LogP contribution is 2.35. The van der Waals surface area contributed by atoms with Crippen LogP contribution < -0.4 is 4.74 Å². The standard InChI is InChI=1S/C28H23F3O3S/c1-18-13-14-35-27(18)25(16-26(32)33)21-7-11-24(12-8-21)34-17-19-3-2-4-22(15-19)20-5-9-23(10-6-20)28(29,30)31/h2-15,25H,16-17H2,1H3,(H,32,33). The predicted molar refractivity (Wildman–Crippen MR) is 131 cm³/mol. The Kier molecular flexibility index (Phi) is 7.26. The summed E-state index contributed by atoms with van der Waals surface area (Å²) in [5, 5.41) is 11.4. The van der Waals surface area contributed by atoms with Gasteiger partial charge in [0, 0.05) is 10.8 Å². The fourth-order valence-electron chi connectivity index (χ4n) is 3.93. The molecule has 0 radical (unpaired) electrons. The molecule has 0 fully saturated rings. The molecule has 180 valence electrons. The second-order valence-corrected chi connectivity index (χ2v) is 9.20. The second-order valence-electron chi connectivity index (χ2n) is 8.25. The van der Waals surface area contributed by atoms with Gasteiger partial charge in [-0.25, -0.2) is 0 Å².